The van der Waals surface area contributed by atoms with E-state index in [9.17, 15) is 18.3 Å². The van der Waals surface area contributed by atoms with Gasteiger partial charge < -0.3 is 9.84 Å². The van der Waals surface area contributed by atoms with Crippen molar-refractivity contribution in [3.8, 4) is 5.75 Å². The van der Waals surface area contributed by atoms with E-state index in [0.29, 0.717) is 25.4 Å². The fourth-order valence-electron chi connectivity index (χ4n) is 7.42. The quantitative estimate of drug-likeness (QED) is 0.278. The maximum Gasteiger partial charge on any atom is 0.412 e. The molecule has 0 saturated heterocycles. The van der Waals surface area contributed by atoms with Gasteiger partial charge in [-0.25, -0.2) is 0 Å². The topological polar surface area (TPSA) is 29.5 Å². The third-order valence-corrected chi connectivity index (χ3v) is 8.91. The van der Waals surface area contributed by atoms with E-state index in [1.807, 2.05) is 71.0 Å². The highest BCUT2D eigenvalue weighted by Gasteiger charge is 2.60. The highest BCUT2D eigenvalue weighted by atomic mass is 19.4. The van der Waals surface area contributed by atoms with E-state index in [1.54, 1.807) is 6.08 Å². The van der Waals surface area contributed by atoms with Crippen LogP contribution < -0.4 is 4.74 Å². The molecule has 5 heteroatoms. The molecule has 0 heterocycles. The van der Waals surface area contributed by atoms with Crippen LogP contribution in [0.2, 0.25) is 0 Å². The van der Waals surface area contributed by atoms with E-state index < -0.39 is 11.6 Å². The lowest BCUT2D eigenvalue weighted by molar-refractivity contribution is -0.115. The largest absolute Gasteiger partial charge is 0.489 e. The van der Waals surface area contributed by atoms with Crippen LogP contribution in [0.1, 0.15) is 95.8 Å². The predicted molar refractivity (Wildman–Crippen MR) is 154 cm³/mol. The minimum atomic E-state index is -4.27. The van der Waals surface area contributed by atoms with Crippen LogP contribution in [0.3, 0.4) is 0 Å². The number of ether oxygens (including phenoxy) is 1. The molecule has 0 spiro atoms. The SMILES string of the molecule is CC.CC.CC12CCC3c4ccc(OCc5ccccc5)cc4CCC3C1C(CCCCO)C=C2C(F)(F)F. The van der Waals surface area contributed by atoms with Crippen LogP contribution in [0.15, 0.2) is 60.2 Å². The van der Waals surface area contributed by atoms with Crippen LogP contribution in [0, 0.1) is 23.2 Å². The molecule has 0 amide bonds. The minimum absolute atomic E-state index is 0.0127. The smallest absolute Gasteiger partial charge is 0.412 e. The summed E-state index contributed by atoms with van der Waals surface area (Å²) in [5.41, 5.74) is 2.62. The number of unbranched alkanes of at least 4 members (excludes halogenated alkanes) is 1. The van der Waals surface area contributed by atoms with Crippen LogP contribution in [-0.2, 0) is 13.0 Å². The van der Waals surface area contributed by atoms with Crippen molar-refractivity contribution in [3.05, 3.63) is 76.9 Å². The van der Waals surface area contributed by atoms with Crippen molar-refractivity contribution in [1.82, 2.24) is 0 Å². The van der Waals surface area contributed by atoms with Crippen LogP contribution >= 0.6 is 0 Å². The number of benzene rings is 2. The molecule has 2 aromatic carbocycles. The average molecular weight is 545 g/mol. The molecule has 0 aliphatic heterocycles. The van der Waals surface area contributed by atoms with Gasteiger partial charge in [0.1, 0.15) is 12.4 Å². The lowest BCUT2D eigenvalue weighted by Crippen LogP contribution is -2.45. The molecular weight excluding hydrogens is 497 g/mol. The number of aliphatic hydroxyl groups is 1. The predicted octanol–water partition coefficient (Wildman–Crippen LogP) is 9.66. The Morgan fingerprint density at radius 3 is 2.36 bits per heavy atom. The maximum atomic E-state index is 14.1. The van der Waals surface area contributed by atoms with Gasteiger partial charge in [0.2, 0.25) is 0 Å². The second-order valence-electron chi connectivity index (χ2n) is 10.9. The van der Waals surface area contributed by atoms with Crippen molar-refractivity contribution in [1.29, 1.82) is 0 Å². The normalized spacial score (nSPS) is 26.9. The molecule has 2 nitrogen and oxygen atoms in total. The summed E-state index contributed by atoms with van der Waals surface area (Å²) in [6.45, 7) is 10.5. The summed E-state index contributed by atoms with van der Waals surface area (Å²) in [4.78, 5) is 0. The van der Waals surface area contributed by atoms with Crippen molar-refractivity contribution in [2.75, 3.05) is 6.61 Å². The van der Waals surface area contributed by atoms with Gasteiger partial charge in [0.25, 0.3) is 0 Å². The Labute approximate surface area is 233 Å². The van der Waals surface area contributed by atoms with Gasteiger partial charge in [-0.1, -0.05) is 83.5 Å². The Balaban J connectivity index is 0.00000100. The van der Waals surface area contributed by atoms with Gasteiger partial charge in [0.15, 0.2) is 0 Å². The molecule has 3 aliphatic rings. The average Bonchev–Trinajstić information content (AvgIpc) is 3.27. The lowest BCUT2D eigenvalue weighted by atomic mass is 9.52. The zero-order valence-corrected chi connectivity index (χ0v) is 24.4. The lowest BCUT2D eigenvalue weighted by Gasteiger charge is -2.52. The fraction of sp³-hybridized carbons (Fsp3) is 0.588. The molecule has 5 unspecified atom stereocenters. The monoisotopic (exact) mass is 544 g/mol. The van der Waals surface area contributed by atoms with Gasteiger partial charge in [-0.3, -0.25) is 0 Å². The molecule has 0 radical (unpaired) electrons. The molecule has 39 heavy (non-hydrogen) atoms. The molecular formula is C34H47F3O2. The van der Waals surface area contributed by atoms with Gasteiger partial charge in [-0.05, 0) is 91.0 Å². The summed E-state index contributed by atoms with van der Waals surface area (Å²) >= 11 is 0. The standard InChI is InChI=1S/C30H35F3O2.2C2H6/c1-29-15-14-25-24-13-11-23(35-19-20-7-3-2-4-8-20)17-21(24)10-12-26(25)28(29)22(9-5-6-16-34)18-27(29)30(31,32)33;2*1-2/h2-4,7-8,11,13,17-18,22,25-26,28,34H,5-6,9-10,12,14-16,19H2,1H3;2*1-2H3. The zero-order chi connectivity index (χ0) is 28.6. The summed E-state index contributed by atoms with van der Waals surface area (Å²) in [6, 6.07) is 16.4. The number of rotatable bonds is 7. The van der Waals surface area contributed by atoms with Crippen LogP contribution in [-0.4, -0.2) is 17.9 Å². The van der Waals surface area contributed by atoms with Crippen molar-refractivity contribution < 1.29 is 23.0 Å². The fourth-order valence-corrected chi connectivity index (χ4v) is 7.42. The first kappa shape index (κ1) is 31.3. The number of alkyl halides is 3. The molecule has 0 bridgehead atoms. The van der Waals surface area contributed by atoms with Gasteiger partial charge in [0.05, 0.1) is 0 Å². The van der Waals surface area contributed by atoms with Crippen molar-refractivity contribution in [2.45, 2.75) is 98.3 Å². The Morgan fingerprint density at radius 1 is 0.974 bits per heavy atom. The zero-order valence-electron chi connectivity index (χ0n) is 24.4. The van der Waals surface area contributed by atoms with E-state index in [1.165, 1.54) is 11.1 Å². The summed E-state index contributed by atoms with van der Waals surface area (Å²) in [5.74, 6) is 1.37. The summed E-state index contributed by atoms with van der Waals surface area (Å²) in [6.07, 6.45) is 2.62. The third-order valence-electron chi connectivity index (χ3n) is 8.91. The second-order valence-corrected chi connectivity index (χ2v) is 10.9. The molecule has 1 N–H and O–H groups in total. The summed E-state index contributed by atoms with van der Waals surface area (Å²) in [7, 11) is 0. The molecule has 2 aromatic rings. The number of hydrogen-bond donors (Lipinski definition) is 1. The summed E-state index contributed by atoms with van der Waals surface area (Å²) < 4.78 is 48.4. The van der Waals surface area contributed by atoms with E-state index in [-0.39, 0.29) is 29.9 Å². The Bertz CT molecular complexity index is 1060. The molecule has 0 aromatic heterocycles. The number of aliphatic hydroxyl groups excluding tert-OH is 1. The Hall–Kier alpha value is -2.27. The van der Waals surface area contributed by atoms with E-state index >= 15 is 0 Å². The number of halogens is 3. The molecule has 3 aliphatic carbocycles. The van der Waals surface area contributed by atoms with Crippen LogP contribution in [0.4, 0.5) is 13.2 Å². The Kier molecular flexibility index (Phi) is 11.1. The maximum absolute atomic E-state index is 14.1. The molecule has 216 valence electrons. The van der Waals surface area contributed by atoms with Crippen molar-refractivity contribution in [2.24, 2.45) is 23.2 Å². The van der Waals surface area contributed by atoms with Gasteiger partial charge in [-0.2, -0.15) is 13.2 Å². The number of allylic oxidation sites excluding steroid dienone is 2. The van der Waals surface area contributed by atoms with Gasteiger partial charge >= 0.3 is 6.18 Å². The van der Waals surface area contributed by atoms with E-state index in [2.05, 4.69) is 12.1 Å². The van der Waals surface area contributed by atoms with Gasteiger partial charge in [-0.15, -0.1) is 0 Å². The molecule has 1 saturated carbocycles. The first-order valence-electron chi connectivity index (χ1n) is 15.0. The summed E-state index contributed by atoms with van der Waals surface area (Å²) in [5, 5.41) is 9.22. The first-order valence-corrected chi connectivity index (χ1v) is 15.0. The van der Waals surface area contributed by atoms with Crippen LogP contribution in [0.25, 0.3) is 0 Å². The van der Waals surface area contributed by atoms with Gasteiger partial charge in [0, 0.05) is 17.6 Å². The van der Waals surface area contributed by atoms with Crippen molar-refractivity contribution in [3.63, 3.8) is 0 Å². The van der Waals surface area contributed by atoms with E-state index in [0.717, 1.165) is 43.4 Å². The minimum Gasteiger partial charge on any atom is -0.489 e. The van der Waals surface area contributed by atoms with E-state index in [4.69, 9.17) is 4.74 Å². The Morgan fingerprint density at radius 2 is 1.69 bits per heavy atom. The van der Waals surface area contributed by atoms with Crippen molar-refractivity contribution >= 4 is 0 Å². The molecule has 1 fully saturated rings. The highest BCUT2D eigenvalue weighted by molar-refractivity contribution is 5.42. The van der Waals surface area contributed by atoms with Crippen LogP contribution in [0.5, 0.6) is 5.75 Å². The first-order chi connectivity index (χ1) is 18.8. The number of aryl methyl sites for hydroxylation is 1. The molecule has 5 atom stereocenters. The highest BCUT2D eigenvalue weighted by Crippen LogP contribution is 2.65. The number of fused-ring (bicyclic) bond motifs is 5. The third kappa shape index (κ3) is 6.73. The second kappa shape index (κ2) is 13.9. The molecule has 5 rings (SSSR count). The number of hydrogen-bond acceptors (Lipinski definition) is 2.